The lowest BCUT2D eigenvalue weighted by molar-refractivity contribution is 0.0307. The molecule has 0 aliphatic carbocycles. The average Bonchev–Trinajstić information content (AvgIpc) is 2.43. The molecule has 0 aliphatic heterocycles. The van der Waals surface area contributed by atoms with Gasteiger partial charge in [0.1, 0.15) is 0 Å². The zero-order valence-electron chi connectivity index (χ0n) is 12.2. The maximum Gasteiger partial charge on any atom is 0.319 e. The van der Waals surface area contributed by atoms with Crippen LogP contribution in [0.25, 0.3) is 0 Å². The number of ether oxygens (including phenoxy) is 2. The molecular formula is C14H23N3O3. The Hall–Kier alpha value is -1.63. The molecule has 0 saturated carbocycles. The summed E-state index contributed by atoms with van der Waals surface area (Å²) in [7, 11) is 3.17. The number of anilines is 1. The lowest BCUT2D eigenvalue weighted by Crippen LogP contribution is -2.38. The van der Waals surface area contributed by atoms with Gasteiger partial charge in [0.25, 0.3) is 0 Å². The molecule has 112 valence electrons. The van der Waals surface area contributed by atoms with Crippen molar-refractivity contribution in [3.05, 3.63) is 29.8 Å². The van der Waals surface area contributed by atoms with Crippen LogP contribution in [0.3, 0.4) is 0 Å². The molecule has 0 aromatic heterocycles. The molecule has 0 heterocycles. The number of carbonyl (C=O) groups excluding carboxylic acids is 1. The lowest BCUT2D eigenvalue weighted by Gasteiger charge is -2.15. The van der Waals surface area contributed by atoms with Crippen LogP contribution < -0.4 is 16.4 Å². The highest BCUT2D eigenvalue weighted by atomic mass is 16.5. The first-order valence-corrected chi connectivity index (χ1v) is 6.49. The van der Waals surface area contributed by atoms with Gasteiger partial charge in [0.2, 0.25) is 0 Å². The minimum Gasteiger partial charge on any atom is -0.382 e. The third kappa shape index (κ3) is 5.56. The third-order valence-electron chi connectivity index (χ3n) is 2.85. The van der Waals surface area contributed by atoms with Crippen LogP contribution in [0, 0.1) is 0 Å². The normalized spacial score (nSPS) is 13.6. The second-order valence-electron chi connectivity index (χ2n) is 4.56. The molecule has 0 fully saturated rings. The molecule has 6 nitrogen and oxygen atoms in total. The Morgan fingerprint density at radius 3 is 2.75 bits per heavy atom. The third-order valence-corrected chi connectivity index (χ3v) is 2.85. The Labute approximate surface area is 119 Å². The monoisotopic (exact) mass is 281 g/mol. The maximum absolute atomic E-state index is 11.8. The van der Waals surface area contributed by atoms with Gasteiger partial charge in [-0.05, 0) is 24.6 Å². The van der Waals surface area contributed by atoms with E-state index in [9.17, 15) is 4.79 Å². The SMILES string of the molecule is COCC(CNC(=O)Nc1cccc(C(C)N)c1)OC. The van der Waals surface area contributed by atoms with Gasteiger partial charge in [0, 0.05) is 32.5 Å². The first-order chi connectivity index (χ1) is 9.56. The zero-order chi connectivity index (χ0) is 15.0. The van der Waals surface area contributed by atoms with E-state index in [4.69, 9.17) is 15.2 Å². The molecule has 20 heavy (non-hydrogen) atoms. The molecule has 1 aromatic carbocycles. The van der Waals surface area contributed by atoms with Crippen LogP contribution in [0.2, 0.25) is 0 Å². The topological polar surface area (TPSA) is 85.6 Å². The van der Waals surface area contributed by atoms with Crippen molar-refractivity contribution in [3.63, 3.8) is 0 Å². The Kier molecular flexibility index (Phi) is 7.00. The van der Waals surface area contributed by atoms with E-state index in [-0.39, 0.29) is 18.2 Å². The molecule has 0 saturated heterocycles. The summed E-state index contributed by atoms with van der Waals surface area (Å²) in [5.41, 5.74) is 7.48. The van der Waals surface area contributed by atoms with E-state index in [2.05, 4.69) is 10.6 Å². The smallest absolute Gasteiger partial charge is 0.319 e. The van der Waals surface area contributed by atoms with Gasteiger partial charge in [-0.3, -0.25) is 0 Å². The summed E-state index contributed by atoms with van der Waals surface area (Å²) in [6.45, 7) is 2.70. The van der Waals surface area contributed by atoms with Gasteiger partial charge in [-0.25, -0.2) is 4.79 Å². The van der Waals surface area contributed by atoms with Crippen LogP contribution >= 0.6 is 0 Å². The first-order valence-electron chi connectivity index (χ1n) is 6.49. The van der Waals surface area contributed by atoms with Crippen molar-refractivity contribution in [2.45, 2.75) is 19.1 Å². The number of nitrogens with one attached hydrogen (secondary N) is 2. The number of hydrogen-bond donors (Lipinski definition) is 3. The minimum absolute atomic E-state index is 0.0700. The van der Waals surface area contributed by atoms with Gasteiger partial charge in [0.05, 0.1) is 12.7 Å². The Bertz CT molecular complexity index is 424. The molecule has 2 amide bonds. The average molecular weight is 281 g/mol. The molecule has 2 atom stereocenters. The summed E-state index contributed by atoms with van der Waals surface area (Å²) in [5.74, 6) is 0. The fourth-order valence-electron chi connectivity index (χ4n) is 1.68. The molecule has 4 N–H and O–H groups in total. The summed E-state index contributed by atoms with van der Waals surface area (Å²) in [5, 5.41) is 5.49. The van der Waals surface area contributed by atoms with Crippen molar-refractivity contribution in [2.24, 2.45) is 5.73 Å². The predicted octanol–water partition coefficient (Wildman–Crippen LogP) is 1.49. The number of urea groups is 1. The van der Waals surface area contributed by atoms with E-state index in [0.29, 0.717) is 18.8 Å². The van der Waals surface area contributed by atoms with Gasteiger partial charge >= 0.3 is 6.03 Å². The second-order valence-corrected chi connectivity index (χ2v) is 4.56. The van der Waals surface area contributed by atoms with Crippen LogP contribution in [-0.2, 0) is 9.47 Å². The van der Waals surface area contributed by atoms with Crippen molar-refractivity contribution >= 4 is 11.7 Å². The summed E-state index contributed by atoms with van der Waals surface area (Å²) in [6.07, 6.45) is -0.166. The van der Waals surface area contributed by atoms with E-state index in [1.54, 1.807) is 14.2 Å². The fraction of sp³-hybridized carbons (Fsp3) is 0.500. The molecule has 0 aliphatic rings. The highest BCUT2D eigenvalue weighted by Gasteiger charge is 2.09. The molecule has 0 radical (unpaired) electrons. The van der Waals surface area contributed by atoms with Crippen molar-refractivity contribution in [1.29, 1.82) is 0 Å². The molecule has 1 rings (SSSR count). The molecule has 0 spiro atoms. The number of carbonyl (C=O) groups is 1. The van der Waals surface area contributed by atoms with Crippen LogP contribution in [-0.4, -0.2) is 39.5 Å². The zero-order valence-corrected chi connectivity index (χ0v) is 12.2. The summed E-state index contributed by atoms with van der Waals surface area (Å²) < 4.78 is 10.1. The van der Waals surface area contributed by atoms with Crippen molar-refractivity contribution in [1.82, 2.24) is 5.32 Å². The van der Waals surface area contributed by atoms with E-state index < -0.39 is 0 Å². The summed E-state index contributed by atoms with van der Waals surface area (Å²) in [6, 6.07) is 7.09. The van der Waals surface area contributed by atoms with Crippen molar-refractivity contribution < 1.29 is 14.3 Å². The van der Waals surface area contributed by atoms with Gasteiger partial charge in [0.15, 0.2) is 0 Å². The van der Waals surface area contributed by atoms with E-state index in [0.717, 1.165) is 5.56 Å². The molecule has 6 heteroatoms. The molecule has 0 bridgehead atoms. The lowest BCUT2D eigenvalue weighted by atomic mass is 10.1. The van der Waals surface area contributed by atoms with Gasteiger partial charge in [-0.15, -0.1) is 0 Å². The number of nitrogens with two attached hydrogens (primary N) is 1. The van der Waals surface area contributed by atoms with Crippen LogP contribution in [0.5, 0.6) is 0 Å². The minimum atomic E-state index is -0.287. The number of benzene rings is 1. The standard InChI is InChI=1S/C14H23N3O3/c1-10(15)11-5-4-6-12(7-11)17-14(18)16-8-13(20-3)9-19-2/h4-7,10,13H,8-9,15H2,1-3H3,(H2,16,17,18). The second kappa shape index (κ2) is 8.52. The fourth-order valence-corrected chi connectivity index (χ4v) is 1.68. The quantitative estimate of drug-likeness (QED) is 0.707. The van der Waals surface area contributed by atoms with Crippen LogP contribution in [0.1, 0.15) is 18.5 Å². The number of methoxy groups -OCH3 is 2. The molecule has 2 unspecified atom stereocenters. The first kappa shape index (κ1) is 16.4. The summed E-state index contributed by atoms with van der Waals surface area (Å²) in [4.78, 5) is 11.8. The molecular weight excluding hydrogens is 258 g/mol. The highest BCUT2D eigenvalue weighted by Crippen LogP contribution is 2.15. The van der Waals surface area contributed by atoms with E-state index in [1.807, 2.05) is 31.2 Å². The van der Waals surface area contributed by atoms with Crippen LogP contribution in [0.4, 0.5) is 10.5 Å². The van der Waals surface area contributed by atoms with Gasteiger partial charge < -0.3 is 25.8 Å². The maximum atomic E-state index is 11.8. The predicted molar refractivity (Wildman–Crippen MR) is 78.7 cm³/mol. The van der Waals surface area contributed by atoms with Crippen molar-refractivity contribution in [2.75, 3.05) is 32.7 Å². The Morgan fingerprint density at radius 1 is 1.40 bits per heavy atom. The van der Waals surface area contributed by atoms with E-state index >= 15 is 0 Å². The van der Waals surface area contributed by atoms with Crippen LogP contribution in [0.15, 0.2) is 24.3 Å². The van der Waals surface area contributed by atoms with Gasteiger partial charge in [-0.2, -0.15) is 0 Å². The number of amides is 2. The largest absolute Gasteiger partial charge is 0.382 e. The summed E-state index contributed by atoms with van der Waals surface area (Å²) >= 11 is 0. The Morgan fingerprint density at radius 2 is 2.15 bits per heavy atom. The number of rotatable bonds is 7. The Balaban J connectivity index is 2.47. The highest BCUT2D eigenvalue weighted by molar-refractivity contribution is 5.89. The van der Waals surface area contributed by atoms with Crippen molar-refractivity contribution in [3.8, 4) is 0 Å². The van der Waals surface area contributed by atoms with E-state index in [1.165, 1.54) is 0 Å². The molecule has 1 aromatic rings. The number of hydrogen-bond acceptors (Lipinski definition) is 4. The van der Waals surface area contributed by atoms with Gasteiger partial charge in [-0.1, -0.05) is 12.1 Å².